The molecule has 5 heteroatoms. The molecule has 1 aliphatic heterocycles. The molecule has 1 saturated heterocycles. The van der Waals surface area contributed by atoms with Crippen LogP contribution in [0.15, 0.2) is 4.47 Å². The fourth-order valence-corrected chi connectivity index (χ4v) is 3.62. The summed E-state index contributed by atoms with van der Waals surface area (Å²) in [4.78, 5) is 0. The van der Waals surface area contributed by atoms with Gasteiger partial charge in [-0.15, -0.1) is 0 Å². The maximum atomic E-state index is 5.83. The number of ether oxygens (including phenoxy) is 1. The van der Waals surface area contributed by atoms with E-state index in [4.69, 9.17) is 4.74 Å². The molecule has 1 aromatic rings. The lowest BCUT2D eigenvalue weighted by Gasteiger charge is -2.27. The lowest BCUT2D eigenvalue weighted by atomic mass is 9.88. The first-order valence-electron chi connectivity index (χ1n) is 7.05. The number of aryl methyl sites for hydroxylation is 2. The predicted molar refractivity (Wildman–Crippen MR) is 80.3 cm³/mol. The van der Waals surface area contributed by atoms with Crippen molar-refractivity contribution in [3.63, 3.8) is 0 Å². The molecular formula is C14H24BrN3O. The van der Waals surface area contributed by atoms with E-state index in [1.54, 1.807) is 0 Å². The third-order valence-electron chi connectivity index (χ3n) is 4.23. The van der Waals surface area contributed by atoms with E-state index in [1.165, 1.54) is 5.69 Å². The van der Waals surface area contributed by atoms with Gasteiger partial charge in [-0.3, -0.25) is 4.68 Å². The summed E-state index contributed by atoms with van der Waals surface area (Å²) in [5, 5.41) is 7.95. The molecule has 0 bridgehead atoms. The Labute approximate surface area is 124 Å². The molecule has 0 saturated carbocycles. The van der Waals surface area contributed by atoms with Crippen LogP contribution in [0.4, 0.5) is 0 Å². The van der Waals surface area contributed by atoms with Crippen molar-refractivity contribution in [1.29, 1.82) is 0 Å². The molecule has 0 amide bonds. The highest BCUT2D eigenvalue weighted by Gasteiger charge is 2.33. The van der Waals surface area contributed by atoms with Crippen LogP contribution in [-0.4, -0.2) is 35.6 Å². The number of hydrogen-bond acceptors (Lipinski definition) is 3. The van der Waals surface area contributed by atoms with Crippen molar-refractivity contribution < 1.29 is 4.74 Å². The van der Waals surface area contributed by atoms with Gasteiger partial charge in [-0.25, -0.2) is 0 Å². The Bertz CT molecular complexity index is 433. The fraction of sp³-hybridized carbons (Fsp3) is 0.786. The topological polar surface area (TPSA) is 39.1 Å². The number of nitrogens with zero attached hydrogens (tertiary/aromatic N) is 2. The van der Waals surface area contributed by atoms with Crippen LogP contribution < -0.4 is 5.32 Å². The molecule has 4 nitrogen and oxygen atoms in total. The Morgan fingerprint density at radius 2 is 2.32 bits per heavy atom. The first kappa shape index (κ1) is 15.0. The summed E-state index contributed by atoms with van der Waals surface area (Å²) < 4.78 is 8.95. The molecule has 2 rings (SSSR count). The van der Waals surface area contributed by atoms with E-state index in [-0.39, 0.29) is 0 Å². The predicted octanol–water partition coefficient (Wildman–Crippen LogP) is 2.44. The second-order valence-electron chi connectivity index (χ2n) is 5.34. The highest BCUT2D eigenvalue weighted by Crippen LogP contribution is 2.30. The molecule has 0 aliphatic carbocycles. The molecule has 3 unspecified atom stereocenters. The van der Waals surface area contributed by atoms with E-state index in [0.29, 0.717) is 18.1 Å². The minimum Gasteiger partial charge on any atom is -0.378 e. The van der Waals surface area contributed by atoms with Crippen molar-refractivity contribution in [2.24, 2.45) is 13.0 Å². The first-order chi connectivity index (χ1) is 9.08. The summed E-state index contributed by atoms with van der Waals surface area (Å²) in [7, 11) is 4.06. The van der Waals surface area contributed by atoms with Crippen LogP contribution >= 0.6 is 15.9 Å². The second-order valence-corrected chi connectivity index (χ2v) is 6.13. The van der Waals surface area contributed by atoms with Gasteiger partial charge in [0.2, 0.25) is 0 Å². The van der Waals surface area contributed by atoms with Crippen LogP contribution in [0.2, 0.25) is 0 Å². The van der Waals surface area contributed by atoms with Crippen molar-refractivity contribution >= 4 is 15.9 Å². The molecule has 0 aromatic carbocycles. The first-order valence-corrected chi connectivity index (χ1v) is 7.84. The molecule has 1 fully saturated rings. The summed E-state index contributed by atoms with van der Waals surface area (Å²) in [6, 6.07) is 0.443. The number of nitrogens with one attached hydrogen (secondary N) is 1. The normalized spacial score (nSPS) is 24.9. The molecule has 1 N–H and O–H groups in total. The summed E-state index contributed by atoms with van der Waals surface area (Å²) >= 11 is 3.66. The zero-order valence-electron chi connectivity index (χ0n) is 12.2. The van der Waals surface area contributed by atoms with Gasteiger partial charge in [0, 0.05) is 32.0 Å². The largest absolute Gasteiger partial charge is 0.378 e. The van der Waals surface area contributed by atoms with Gasteiger partial charge in [-0.1, -0.05) is 6.92 Å². The van der Waals surface area contributed by atoms with E-state index in [1.807, 2.05) is 25.7 Å². The Morgan fingerprint density at radius 3 is 2.84 bits per heavy atom. The maximum absolute atomic E-state index is 5.83. The Balaban J connectivity index is 2.14. The third-order valence-corrected chi connectivity index (χ3v) is 5.26. The zero-order valence-corrected chi connectivity index (χ0v) is 13.8. The summed E-state index contributed by atoms with van der Waals surface area (Å²) in [6.45, 7) is 5.14. The molecule has 0 radical (unpaired) electrons. The minimum atomic E-state index is 0.394. The van der Waals surface area contributed by atoms with Crippen molar-refractivity contribution in [2.45, 2.75) is 45.3 Å². The van der Waals surface area contributed by atoms with Crippen LogP contribution in [0.1, 0.15) is 31.2 Å². The van der Waals surface area contributed by atoms with Gasteiger partial charge in [0.05, 0.1) is 22.0 Å². The van der Waals surface area contributed by atoms with Crippen LogP contribution in [-0.2, 0) is 18.2 Å². The number of rotatable bonds is 5. The van der Waals surface area contributed by atoms with Gasteiger partial charge in [0.1, 0.15) is 0 Å². The van der Waals surface area contributed by atoms with Gasteiger partial charge >= 0.3 is 0 Å². The molecular weight excluding hydrogens is 306 g/mol. The minimum absolute atomic E-state index is 0.394. The molecule has 1 aliphatic rings. The Kier molecular flexibility index (Phi) is 5.03. The van der Waals surface area contributed by atoms with E-state index in [9.17, 15) is 0 Å². The smallest absolute Gasteiger partial charge is 0.0738 e. The van der Waals surface area contributed by atoms with Gasteiger partial charge in [0.15, 0.2) is 0 Å². The summed E-state index contributed by atoms with van der Waals surface area (Å²) in [5.74, 6) is 0.595. The molecule has 108 valence electrons. The molecule has 1 aromatic heterocycles. The van der Waals surface area contributed by atoms with E-state index in [2.05, 4.69) is 33.3 Å². The van der Waals surface area contributed by atoms with Crippen LogP contribution in [0.25, 0.3) is 0 Å². The van der Waals surface area contributed by atoms with Crippen molar-refractivity contribution in [3.8, 4) is 0 Å². The average Bonchev–Trinajstić information content (AvgIpc) is 2.95. The van der Waals surface area contributed by atoms with E-state index in [0.717, 1.165) is 36.0 Å². The number of likely N-dealkylation sites (N-methyl/N-ethyl adjacent to an activating group) is 1. The van der Waals surface area contributed by atoms with Crippen molar-refractivity contribution in [2.75, 3.05) is 13.7 Å². The van der Waals surface area contributed by atoms with Gasteiger partial charge in [-0.2, -0.15) is 5.10 Å². The van der Waals surface area contributed by atoms with Crippen LogP contribution in [0.3, 0.4) is 0 Å². The highest BCUT2D eigenvalue weighted by atomic mass is 79.9. The standard InChI is InChI=1S/C14H24BrN3O/c1-5-13-10(6-7-19-13)11(16-3)8-12-14(15)9(2)17-18(12)4/h10-11,13,16H,5-8H2,1-4H3. The van der Waals surface area contributed by atoms with Gasteiger partial charge in [-0.05, 0) is 42.7 Å². The Morgan fingerprint density at radius 1 is 1.58 bits per heavy atom. The lowest BCUT2D eigenvalue weighted by molar-refractivity contribution is 0.0781. The zero-order chi connectivity index (χ0) is 14.0. The van der Waals surface area contributed by atoms with Gasteiger partial charge in [0.25, 0.3) is 0 Å². The van der Waals surface area contributed by atoms with Crippen LogP contribution in [0, 0.1) is 12.8 Å². The third kappa shape index (κ3) is 3.03. The quantitative estimate of drug-likeness (QED) is 0.901. The van der Waals surface area contributed by atoms with Crippen molar-refractivity contribution in [3.05, 3.63) is 15.9 Å². The van der Waals surface area contributed by atoms with E-state index >= 15 is 0 Å². The summed E-state index contributed by atoms with van der Waals surface area (Å²) in [6.07, 6.45) is 3.62. The van der Waals surface area contributed by atoms with Crippen LogP contribution in [0.5, 0.6) is 0 Å². The molecule has 2 heterocycles. The molecule has 19 heavy (non-hydrogen) atoms. The maximum Gasteiger partial charge on any atom is 0.0738 e. The molecule has 0 spiro atoms. The number of aromatic nitrogens is 2. The highest BCUT2D eigenvalue weighted by molar-refractivity contribution is 9.10. The SMILES string of the molecule is CCC1OCCC1C(Cc1c(Br)c(C)nn1C)NC. The van der Waals surface area contributed by atoms with Gasteiger partial charge < -0.3 is 10.1 Å². The monoisotopic (exact) mass is 329 g/mol. The molecule has 3 atom stereocenters. The average molecular weight is 330 g/mol. The summed E-state index contributed by atoms with van der Waals surface area (Å²) in [5.41, 5.74) is 2.32. The van der Waals surface area contributed by atoms with Crippen molar-refractivity contribution in [1.82, 2.24) is 15.1 Å². The van der Waals surface area contributed by atoms with E-state index < -0.39 is 0 Å². The lowest BCUT2D eigenvalue weighted by Crippen LogP contribution is -2.40. The number of hydrogen-bond donors (Lipinski definition) is 1. The fourth-order valence-electron chi connectivity index (χ4n) is 3.12. The second kappa shape index (κ2) is 6.37. The number of halogens is 1. The Hall–Kier alpha value is -0.390.